The maximum Gasteiger partial charge on any atom is 0.193 e. The van der Waals surface area contributed by atoms with Gasteiger partial charge in [-0.05, 0) is 19.3 Å². The van der Waals surface area contributed by atoms with E-state index in [1.54, 1.807) is 7.11 Å². The van der Waals surface area contributed by atoms with Crippen molar-refractivity contribution >= 4 is 29.9 Å². The van der Waals surface area contributed by atoms with E-state index in [0.29, 0.717) is 13.2 Å². The second-order valence-electron chi connectivity index (χ2n) is 5.84. The number of guanidine groups is 1. The number of halogens is 1. The Labute approximate surface area is 162 Å². The molecule has 0 radical (unpaired) electrons. The molecule has 0 aliphatic carbocycles. The van der Waals surface area contributed by atoms with Crippen molar-refractivity contribution in [2.45, 2.75) is 31.5 Å². The minimum Gasteiger partial charge on any atom is -0.382 e. The summed E-state index contributed by atoms with van der Waals surface area (Å²) < 4.78 is 22.1. The molecule has 0 spiro atoms. The van der Waals surface area contributed by atoms with Crippen LogP contribution in [-0.4, -0.2) is 89.9 Å². The monoisotopic (exact) mass is 457 g/mol. The number of morpholine rings is 1. The molecule has 0 aromatic heterocycles. The molecule has 142 valence electrons. The van der Waals surface area contributed by atoms with Gasteiger partial charge in [0.1, 0.15) is 6.10 Å². The summed E-state index contributed by atoms with van der Waals surface area (Å²) in [6, 6.07) is 0. The average Bonchev–Trinajstić information content (AvgIpc) is 3.12. The van der Waals surface area contributed by atoms with Crippen molar-refractivity contribution in [3.8, 4) is 0 Å². The largest absolute Gasteiger partial charge is 0.382 e. The molecule has 0 amide bonds. The molecule has 2 saturated heterocycles. The normalized spacial score (nSPS) is 24.8. The second kappa shape index (κ2) is 13.1. The van der Waals surface area contributed by atoms with Gasteiger partial charge < -0.3 is 29.2 Å². The van der Waals surface area contributed by atoms with Crippen LogP contribution < -0.4 is 5.32 Å². The van der Waals surface area contributed by atoms with Gasteiger partial charge in [0.05, 0.1) is 25.9 Å². The van der Waals surface area contributed by atoms with Crippen molar-refractivity contribution in [3.05, 3.63) is 0 Å². The first-order valence-electron chi connectivity index (χ1n) is 8.60. The molecule has 2 unspecified atom stereocenters. The fraction of sp³-hybridized carbons (Fsp3) is 0.938. The molecule has 2 atom stereocenters. The van der Waals surface area contributed by atoms with Crippen LogP contribution in [0.15, 0.2) is 4.99 Å². The first-order chi connectivity index (χ1) is 11.3. The third kappa shape index (κ3) is 7.38. The summed E-state index contributed by atoms with van der Waals surface area (Å²) in [6.07, 6.45) is 3.58. The van der Waals surface area contributed by atoms with Crippen LogP contribution in [0, 0.1) is 0 Å². The Morgan fingerprint density at radius 2 is 2.04 bits per heavy atom. The standard InChI is InChI=1S/C16H31N3O4.HI/c1-17-16(18-6-4-8-21-12-11-20-2)19-7-10-23-15(13-19)14-5-3-9-22-14;/h14-15H,3-13H2,1-2H3,(H,17,18);1H. The number of nitrogens with zero attached hydrogens (tertiary/aromatic N) is 2. The van der Waals surface area contributed by atoms with Crippen molar-refractivity contribution in [1.82, 2.24) is 10.2 Å². The summed E-state index contributed by atoms with van der Waals surface area (Å²) in [5, 5.41) is 3.41. The van der Waals surface area contributed by atoms with E-state index < -0.39 is 0 Å². The van der Waals surface area contributed by atoms with Gasteiger partial charge in [-0.2, -0.15) is 0 Å². The number of hydrogen-bond acceptors (Lipinski definition) is 5. The van der Waals surface area contributed by atoms with Gasteiger partial charge in [-0.3, -0.25) is 4.99 Å². The number of methoxy groups -OCH3 is 1. The number of hydrogen-bond donors (Lipinski definition) is 1. The molecule has 7 nitrogen and oxygen atoms in total. The molecule has 24 heavy (non-hydrogen) atoms. The average molecular weight is 457 g/mol. The molecular formula is C16H32IN3O4. The molecule has 2 rings (SSSR count). The molecular weight excluding hydrogens is 425 g/mol. The Kier molecular flexibility index (Phi) is 11.9. The summed E-state index contributed by atoms with van der Waals surface area (Å²) in [5.74, 6) is 0.938. The fourth-order valence-electron chi connectivity index (χ4n) is 2.94. The zero-order valence-corrected chi connectivity index (χ0v) is 17.2. The van der Waals surface area contributed by atoms with Crippen molar-refractivity contribution in [2.75, 3.05) is 66.8 Å². The van der Waals surface area contributed by atoms with Crippen molar-refractivity contribution in [1.29, 1.82) is 0 Å². The zero-order valence-electron chi connectivity index (χ0n) is 14.9. The van der Waals surface area contributed by atoms with Gasteiger partial charge in [0.25, 0.3) is 0 Å². The Balaban J connectivity index is 0.00000288. The van der Waals surface area contributed by atoms with E-state index in [0.717, 1.165) is 64.7 Å². The van der Waals surface area contributed by atoms with Crippen LogP contribution in [0.5, 0.6) is 0 Å². The van der Waals surface area contributed by atoms with E-state index in [1.807, 2.05) is 7.05 Å². The van der Waals surface area contributed by atoms with Gasteiger partial charge in [0.2, 0.25) is 0 Å². The van der Waals surface area contributed by atoms with Gasteiger partial charge in [-0.1, -0.05) is 0 Å². The summed E-state index contributed by atoms with van der Waals surface area (Å²) in [5.41, 5.74) is 0. The lowest BCUT2D eigenvalue weighted by Crippen LogP contribution is -2.53. The molecule has 1 N–H and O–H groups in total. The predicted molar refractivity (Wildman–Crippen MR) is 104 cm³/mol. The van der Waals surface area contributed by atoms with Crippen LogP contribution >= 0.6 is 24.0 Å². The maximum atomic E-state index is 5.89. The van der Waals surface area contributed by atoms with Crippen LogP contribution in [-0.2, 0) is 18.9 Å². The Hall–Kier alpha value is -0.160. The number of aliphatic imine (C=N–C) groups is 1. The third-order valence-electron chi connectivity index (χ3n) is 4.16. The number of rotatable bonds is 8. The highest BCUT2D eigenvalue weighted by Gasteiger charge is 2.32. The van der Waals surface area contributed by atoms with Crippen LogP contribution in [0.1, 0.15) is 19.3 Å². The van der Waals surface area contributed by atoms with E-state index in [1.165, 1.54) is 0 Å². The first-order valence-corrected chi connectivity index (χ1v) is 8.60. The highest BCUT2D eigenvalue weighted by Crippen LogP contribution is 2.20. The molecule has 0 aromatic carbocycles. The highest BCUT2D eigenvalue weighted by molar-refractivity contribution is 14.0. The Morgan fingerprint density at radius 3 is 2.75 bits per heavy atom. The molecule has 0 aromatic rings. The molecule has 0 bridgehead atoms. The second-order valence-corrected chi connectivity index (χ2v) is 5.84. The first kappa shape index (κ1) is 21.9. The van der Waals surface area contributed by atoms with Gasteiger partial charge >= 0.3 is 0 Å². The highest BCUT2D eigenvalue weighted by atomic mass is 127. The lowest BCUT2D eigenvalue weighted by Gasteiger charge is -2.37. The quantitative estimate of drug-likeness (QED) is 0.255. The summed E-state index contributed by atoms with van der Waals surface area (Å²) >= 11 is 0. The Morgan fingerprint density at radius 1 is 1.21 bits per heavy atom. The zero-order chi connectivity index (χ0) is 16.3. The van der Waals surface area contributed by atoms with E-state index in [9.17, 15) is 0 Å². The molecule has 0 saturated carbocycles. The third-order valence-corrected chi connectivity index (χ3v) is 4.16. The summed E-state index contributed by atoms with van der Waals surface area (Å²) in [6.45, 7) is 6.18. The SMILES string of the molecule is CN=C(NCCCOCCOC)N1CCOC(C2CCCO2)C1.I. The molecule has 8 heteroatoms. The summed E-state index contributed by atoms with van der Waals surface area (Å²) in [4.78, 5) is 6.66. The molecule has 2 fully saturated rings. The molecule has 2 heterocycles. The smallest absolute Gasteiger partial charge is 0.193 e. The number of nitrogens with one attached hydrogen (secondary N) is 1. The van der Waals surface area contributed by atoms with Crippen molar-refractivity contribution < 1.29 is 18.9 Å². The summed E-state index contributed by atoms with van der Waals surface area (Å²) in [7, 11) is 3.51. The lowest BCUT2D eigenvalue weighted by molar-refractivity contribution is -0.0817. The topological polar surface area (TPSA) is 64.6 Å². The Bertz CT molecular complexity index is 354. The van der Waals surface area contributed by atoms with Crippen LogP contribution in [0.2, 0.25) is 0 Å². The van der Waals surface area contributed by atoms with Gasteiger partial charge in [-0.25, -0.2) is 0 Å². The molecule has 2 aliphatic rings. The van der Waals surface area contributed by atoms with Crippen LogP contribution in [0.25, 0.3) is 0 Å². The van der Waals surface area contributed by atoms with E-state index >= 15 is 0 Å². The van der Waals surface area contributed by atoms with Crippen molar-refractivity contribution in [3.63, 3.8) is 0 Å². The minimum atomic E-state index is 0. The lowest BCUT2D eigenvalue weighted by atomic mass is 10.1. The molecule has 2 aliphatic heterocycles. The van der Waals surface area contributed by atoms with E-state index in [-0.39, 0.29) is 36.2 Å². The van der Waals surface area contributed by atoms with E-state index in [2.05, 4.69) is 15.2 Å². The fourth-order valence-corrected chi connectivity index (χ4v) is 2.94. The van der Waals surface area contributed by atoms with Crippen LogP contribution in [0.3, 0.4) is 0 Å². The minimum absolute atomic E-state index is 0. The van der Waals surface area contributed by atoms with Gasteiger partial charge in [0.15, 0.2) is 5.96 Å². The van der Waals surface area contributed by atoms with Gasteiger partial charge in [0, 0.05) is 47.0 Å². The van der Waals surface area contributed by atoms with E-state index in [4.69, 9.17) is 18.9 Å². The van der Waals surface area contributed by atoms with Gasteiger partial charge in [-0.15, -0.1) is 24.0 Å². The number of ether oxygens (including phenoxy) is 4. The van der Waals surface area contributed by atoms with Crippen molar-refractivity contribution in [2.24, 2.45) is 4.99 Å². The maximum absolute atomic E-state index is 5.89. The predicted octanol–water partition coefficient (Wildman–Crippen LogP) is 1.11. The van der Waals surface area contributed by atoms with Crippen LogP contribution in [0.4, 0.5) is 0 Å².